The molecule has 0 aromatic rings. The van der Waals surface area contributed by atoms with Crippen LogP contribution in [0.4, 0.5) is 0 Å². The molecular formula is C5H10N2O2. The molecule has 1 heterocycles. The van der Waals surface area contributed by atoms with Gasteiger partial charge in [0.05, 0.1) is 7.11 Å². The van der Waals surface area contributed by atoms with Gasteiger partial charge in [-0.15, -0.1) is 0 Å². The van der Waals surface area contributed by atoms with Gasteiger partial charge in [0.1, 0.15) is 6.04 Å². The van der Waals surface area contributed by atoms with E-state index in [0.29, 0.717) is 0 Å². The fourth-order valence-corrected chi connectivity index (χ4v) is 0.803. The lowest BCUT2D eigenvalue weighted by molar-refractivity contribution is -0.142. The predicted molar refractivity (Wildman–Crippen MR) is 31.6 cm³/mol. The summed E-state index contributed by atoms with van der Waals surface area (Å²) >= 11 is 0. The molecule has 0 bridgehead atoms. The molecule has 1 unspecified atom stereocenters. The number of carbonyl (C=O) groups is 1. The van der Waals surface area contributed by atoms with Crippen LogP contribution < -0.4 is 10.9 Å². The maximum absolute atomic E-state index is 10.7. The smallest absolute Gasteiger partial charge is 0.324 e. The largest absolute Gasteiger partial charge is 0.468 e. The summed E-state index contributed by atoms with van der Waals surface area (Å²) in [5.41, 5.74) is 5.62. The summed E-state index contributed by atoms with van der Waals surface area (Å²) in [7, 11) is 1.39. The standard InChI is InChI=1S/C5H10N2O2/c1-9-5(8)4-2-3-6-7-4/h4,6-7H,2-3H2,1H3. The van der Waals surface area contributed by atoms with Gasteiger partial charge in [0.15, 0.2) is 0 Å². The van der Waals surface area contributed by atoms with Crippen molar-refractivity contribution >= 4 is 5.97 Å². The molecule has 52 valence electrons. The van der Waals surface area contributed by atoms with Crippen molar-refractivity contribution in [2.24, 2.45) is 0 Å². The number of hydrogen-bond donors (Lipinski definition) is 2. The molecule has 0 saturated carbocycles. The summed E-state index contributed by atoms with van der Waals surface area (Å²) < 4.78 is 4.49. The van der Waals surface area contributed by atoms with Gasteiger partial charge in [0.25, 0.3) is 0 Å². The van der Waals surface area contributed by atoms with Crippen molar-refractivity contribution in [1.82, 2.24) is 10.9 Å². The molecule has 0 aliphatic carbocycles. The van der Waals surface area contributed by atoms with Crippen molar-refractivity contribution in [3.05, 3.63) is 0 Å². The van der Waals surface area contributed by atoms with E-state index in [2.05, 4.69) is 15.6 Å². The van der Waals surface area contributed by atoms with Crippen LogP contribution in [0.15, 0.2) is 0 Å². The zero-order valence-corrected chi connectivity index (χ0v) is 5.31. The van der Waals surface area contributed by atoms with Crippen LogP contribution in [0, 0.1) is 0 Å². The van der Waals surface area contributed by atoms with Crippen LogP contribution in [0.1, 0.15) is 6.42 Å². The number of methoxy groups -OCH3 is 1. The Balaban J connectivity index is 2.32. The number of hydrazine groups is 1. The third-order valence-corrected chi connectivity index (χ3v) is 1.32. The zero-order chi connectivity index (χ0) is 6.69. The first-order valence-electron chi connectivity index (χ1n) is 2.91. The van der Waals surface area contributed by atoms with Crippen molar-refractivity contribution in [3.8, 4) is 0 Å². The average Bonchev–Trinajstić information content (AvgIpc) is 2.37. The van der Waals surface area contributed by atoms with E-state index in [0.717, 1.165) is 13.0 Å². The van der Waals surface area contributed by atoms with Crippen LogP contribution in [0.2, 0.25) is 0 Å². The molecule has 2 N–H and O–H groups in total. The van der Waals surface area contributed by atoms with Crippen molar-refractivity contribution in [2.45, 2.75) is 12.5 Å². The maximum Gasteiger partial charge on any atom is 0.324 e. The Bertz CT molecular complexity index is 110. The quantitative estimate of drug-likeness (QED) is 0.448. The molecular weight excluding hydrogens is 120 g/mol. The van der Waals surface area contributed by atoms with E-state index in [-0.39, 0.29) is 12.0 Å². The van der Waals surface area contributed by atoms with Crippen LogP contribution in [0.5, 0.6) is 0 Å². The molecule has 0 spiro atoms. The molecule has 1 aliphatic rings. The number of carbonyl (C=O) groups excluding carboxylic acids is 1. The summed E-state index contributed by atoms with van der Waals surface area (Å²) in [6.07, 6.45) is 0.812. The van der Waals surface area contributed by atoms with E-state index in [4.69, 9.17) is 0 Å². The Morgan fingerprint density at radius 3 is 3.00 bits per heavy atom. The Kier molecular flexibility index (Phi) is 2.02. The van der Waals surface area contributed by atoms with Crippen molar-refractivity contribution in [3.63, 3.8) is 0 Å². The molecule has 0 aromatic carbocycles. The van der Waals surface area contributed by atoms with Crippen LogP contribution in [-0.4, -0.2) is 25.7 Å². The van der Waals surface area contributed by atoms with Gasteiger partial charge in [-0.05, 0) is 6.42 Å². The van der Waals surface area contributed by atoms with Gasteiger partial charge < -0.3 is 4.74 Å². The maximum atomic E-state index is 10.7. The average molecular weight is 130 g/mol. The molecule has 0 amide bonds. The molecule has 0 aromatic heterocycles. The first-order chi connectivity index (χ1) is 4.34. The first-order valence-corrected chi connectivity index (χ1v) is 2.91. The topological polar surface area (TPSA) is 50.4 Å². The van der Waals surface area contributed by atoms with Crippen LogP contribution in [0.25, 0.3) is 0 Å². The summed E-state index contributed by atoms with van der Waals surface area (Å²) in [5, 5.41) is 0. The summed E-state index contributed by atoms with van der Waals surface area (Å²) in [6.45, 7) is 0.833. The van der Waals surface area contributed by atoms with Crippen molar-refractivity contribution < 1.29 is 9.53 Å². The molecule has 1 atom stereocenters. The number of ether oxygens (including phenoxy) is 1. The Morgan fingerprint density at radius 2 is 2.56 bits per heavy atom. The minimum absolute atomic E-state index is 0.144. The third-order valence-electron chi connectivity index (χ3n) is 1.32. The number of nitrogens with one attached hydrogen (secondary N) is 2. The summed E-state index contributed by atoms with van der Waals surface area (Å²) in [6, 6.07) is -0.144. The highest BCUT2D eigenvalue weighted by atomic mass is 16.5. The SMILES string of the molecule is COC(=O)C1CCNN1. The second-order valence-corrected chi connectivity index (χ2v) is 1.94. The van der Waals surface area contributed by atoms with Crippen molar-refractivity contribution in [2.75, 3.05) is 13.7 Å². The van der Waals surface area contributed by atoms with E-state index in [1.807, 2.05) is 0 Å². The Morgan fingerprint density at radius 1 is 1.78 bits per heavy atom. The lowest BCUT2D eigenvalue weighted by atomic mass is 10.2. The summed E-state index contributed by atoms with van der Waals surface area (Å²) in [4.78, 5) is 10.7. The molecule has 1 saturated heterocycles. The second-order valence-electron chi connectivity index (χ2n) is 1.94. The minimum Gasteiger partial charge on any atom is -0.468 e. The zero-order valence-electron chi connectivity index (χ0n) is 5.31. The summed E-state index contributed by atoms with van der Waals surface area (Å²) in [5.74, 6) is -0.194. The molecule has 0 radical (unpaired) electrons. The number of hydrogen-bond acceptors (Lipinski definition) is 4. The van der Waals surface area contributed by atoms with Gasteiger partial charge in [-0.1, -0.05) is 0 Å². The highest BCUT2D eigenvalue weighted by molar-refractivity contribution is 5.75. The van der Waals surface area contributed by atoms with Crippen LogP contribution >= 0.6 is 0 Å². The predicted octanol–water partition coefficient (Wildman–Crippen LogP) is -0.974. The Hall–Kier alpha value is -0.610. The lowest BCUT2D eigenvalue weighted by Gasteiger charge is -2.04. The molecule has 4 heteroatoms. The van der Waals surface area contributed by atoms with Gasteiger partial charge in [0, 0.05) is 6.54 Å². The number of esters is 1. The molecule has 9 heavy (non-hydrogen) atoms. The first kappa shape index (κ1) is 6.51. The highest BCUT2D eigenvalue weighted by Crippen LogP contribution is 1.96. The fraction of sp³-hybridized carbons (Fsp3) is 0.800. The molecule has 1 rings (SSSR count). The molecule has 1 aliphatic heterocycles. The van der Waals surface area contributed by atoms with Gasteiger partial charge in [-0.3, -0.25) is 10.2 Å². The number of rotatable bonds is 1. The van der Waals surface area contributed by atoms with E-state index in [1.165, 1.54) is 7.11 Å². The highest BCUT2D eigenvalue weighted by Gasteiger charge is 2.21. The molecule has 1 fully saturated rings. The van der Waals surface area contributed by atoms with Gasteiger partial charge in [-0.25, -0.2) is 5.43 Å². The van der Waals surface area contributed by atoms with E-state index >= 15 is 0 Å². The second kappa shape index (κ2) is 2.80. The lowest BCUT2D eigenvalue weighted by Crippen LogP contribution is -2.36. The van der Waals surface area contributed by atoms with Gasteiger partial charge in [-0.2, -0.15) is 0 Å². The van der Waals surface area contributed by atoms with Crippen LogP contribution in [0.3, 0.4) is 0 Å². The van der Waals surface area contributed by atoms with Gasteiger partial charge in [0.2, 0.25) is 0 Å². The monoisotopic (exact) mass is 130 g/mol. The van der Waals surface area contributed by atoms with E-state index in [9.17, 15) is 4.79 Å². The Labute approximate surface area is 53.5 Å². The normalized spacial score (nSPS) is 26.1. The van der Waals surface area contributed by atoms with Crippen molar-refractivity contribution in [1.29, 1.82) is 0 Å². The molecule has 4 nitrogen and oxygen atoms in total. The fourth-order valence-electron chi connectivity index (χ4n) is 0.803. The third kappa shape index (κ3) is 1.40. The minimum atomic E-state index is -0.194. The van der Waals surface area contributed by atoms with E-state index < -0.39 is 0 Å². The van der Waals surface area contributed by atoms with Gasteiger partial charge >= 0.3 is 5.97 Å². The van der Waals surface area contributed by atoms with E-state index in [1.54, 1.807) is 0 Å². The van der Waals surface area contributed by atoms with Crippen LogP contribution in [-0.2, 0) is 9.53 Å².